The van der Waals surface area contributed by atoms with Crippen LogP contribution in [0.25, 0.3) is 0 Å². The molecular formula is C11H8Cl3N3O2S. The van der Waals surface area contributed by atoms with Gasteiger partial charge in [-0.05, 0) is 24.3 Å². The molecule has 0 aliphatic carbocycles. The molecule has 1 aromatic heterocycles. The number of hydrogen-bond donors (Lipinski definition) is 2. The van der Waals surface area contributed by atoms with Gasteiger partial charge in [-0.2, -0.15) is 0 Å². The molecule has 0 amide bonds. The van der Waals surface area contributed by atoms with Crippen molar-refractivity contribution >= 4 is 56.3 Å². The first-order valence-corrected chi connectivity index (χ1v) is 7.81. The molecule has 0 saturated carbocycles. The van der Waals surface area contributed by atoms with Crippen molar-refractivity contribution in [1.82, 2.24) is 4.98 Å². The van der Waals surface area contributed by atoms with Gasteiger partial charge in [0.05, 0.1) is 15.7 Å². The molecule has 0 aliphatic heterocycles. The lowest BCUT2D eigenvalue weighted by molar-refractivity contribution is 0.601. The van der Waals surface area contributed by atoms with E-state index in [1.54, 1.807) is 6.07 Å². The van der Waals surface area contributed by atoms with Crippen LogP contribution in [0.3, 0.4) is 0 Å². The van der Waals surface area contributed by atoms with Crippen LogP contribution in [-0.4, -0.2) is 13.4 Å². The van der Waals surface area contributed by atoms with Crippen LogP contribution in [0.4, 0.5) is 11.5 Å². The van der Waals surface area contributed by atoms with E-state index in [0.717, 1.165) is 0 Å². The Morgan fingerprint density at radius 2 is 1.85 bits per heavy atom. The second-order valence-electron chi connectivity index (χ2n) is 3.75. The van der Waals surface area contributed by atoms with Crippen molar-refractivity contribution in [3.8, 4) is 0 Å². The third-order valence-corrected chi connectivity index (χ3v) is 4.68. The highest BCUT2D eigenvalue weighted by molar-refractivity contribution is 7.93. The van der Waals surface area contributed by atoms with Crippen LogP contribution in [-0.2, 0) is 10.0 Å². The predicted octanol–water partition coefficient (Wildman–Crippen LogP) is 3.42. The fourth-order valence-corrected chi connectivity index (χ4v) is 3.75. The van der Waals surface area contributed by atoms with Crippen molar-refractivity contribution in [2.75, 3.05) is 10.5 Å². The topological polar surface area (TPSA) is 85.1 Å². The van der Waals surface area contributed by atoms with Crippen molar-refractivity contribution < 1.29 is 8.42 Å². The molecule has 0 atom stereocenters. The lowest BCUT2D eigenvalue weighted by Gasteiger charge is -2.12. The monoisotopic (exact) mass is 351 g/mol. The summed E-state index contributed by atoms with van der Waals surface area (Å²) >= 11 is 17.5. The van der Waals surface area contributed by atoms with Gasteiger partial charge in [-0.15, -0.1) is 0 Å². The molecule has 0 unspecified atom stereocenters. The Morgan fingerprint density at radius 1 is 1.15 bits per heavy atom. The van der Waals surface area contributed by atoms with E-state index in [2.05, 4.69) is 9.71 Å². The van der Waals surface area contributed by atoms with E-state index < -0.39 is 10.0 Å². The Kier molecular flexibility index (Phi) is 4.29. The van der Waals surface area contributed by atoms with Crippen molar-refractivity contribution in [3.63, 3.8) is 0 Å². The van der Waals surface area contributed by atoms with Gasteiger partial charge in [0.25, 0.3) is 10.0 Å². The molecule has 0 spiro atoms. The number of nitrogen functional groups attached to an aromatic ring is 1. The number of anilines is 2. The molecule has 0 fully saturated rings. The maximum Gasteiger partial charge on any atom is 0.266 e. The van der Waals surface area contributed by atoms with Crippen molar-refractivity contribution in [2.45, 2.75) is 4.90 Å². The number of benzene rings is 1. The standard InChI is InChI=1S/C11H8Cl3N3O2S/c12-6-4-8(14)10(9(15)5-6)20(18,19)17-11-7(13)2-1-3-16-11/h1-5H,15H2,(H,16,17). The van der Waals surface area contributed by atoms with Gasteiger partial charge in [-0.1, -0.05) is 34.8 Å². The zero-order valence-corrected chi connectivity index (χ0v) is 12.9. The molecule has 106 valence electrons. The Morgan fingerprint density at radius 3 is 2.45 bits per heavy atom. The Balaban J connectivity index is 2.50. The molecule has 0 saturated heterocycles. The van der Waals surface area contributed by atoms with E-state index in [1.807, 2.05) is 0 Å². The number of halogens is 3. The van der Waals surface area contributed by atoms with E-state index in [9.17, 15) is 8.42 Å². The highest BCUT2D eigenvalue weighted by Crippen LogP contribution is 2.32. The third-order valence-electron chi connectivity index (χ3n) is 2.30. The molecule has 1 heterocycles. The number of nitrogens with two attached hydrogens (primary N) is 1. The normalized spacial score (nSPS) is 11.3. The maximum absolute atomic E-state index is 12.3. The number of sulfonamides is 1. The molecule has 0 aliphatic rings. The Labute approximate surface area is 130 Å². The first-order chi connectivity index (χ1) is 9.31. The van der Waals surface area contributed by atoms with Gasteiger partial charge >= 0.3 is 0 Å². The van der Waals surface area contributed by atoms with E-state index in [0.29, 0.717) is 0 Å². The first kappa shape index (κ1) is 15.2. The third kappa shape index (κ3) is 3.09. The molecule has 2 rings (SSSR count). The zero-order chi connectivity index (χ0) is 14.9. The lowest BCUT2D eigenvalue weighted by atomic mass is 10.3. The molecule has 9 heteroatoms. The highest BCUT2D eigenvalue weighted by atomic mass is 35.5. The summed E-state index contributed by atoms with van der Waals surface area (Å²) in [5.41, 5.74) is 5.59. The largest absolute Gasteiger partial charge is 0.398 e. The molecule has 0 bridgehead atoms. The molecule has 5 nitrogen and oxygen atoms in total. The minimum Gasteiger partial charge on any atom is -0.398 e. The molecule has 0 radical (unpaired) electrons. The summed E-state index contributed by atoms with van der Waals surface area (Å²) in [6.45, 7) is 0. The number of nitrogens with one attached hydrogen (secondary N) is 1. The van der Waals surface area contributed by atoms with Crippen LogP contribution < -0.4 is 10.5 Å². The van der Waals surface area contributed by atoms with Gasteiger partial charge in [0.1, 0.15) is 4.90 Å². The number of aromatic nitrogens is 1. The quantitative estimate of drug-likeness (QED) is 0.829. The van der Waals surface area contributed by atoms with Crippen LogP contribution >= 0.6 is 34.8 Å². The lowest BCUT2D eigenvalue weighted by Crippen LogP contribution is -2.16. The number of pyridine rings is 1. The first-order valence-electron chi connectivity index (χ1n) is 5.19. The summed E-state index contributed by atoms with van der Waals surface area (Å²) in [6, 6.07) is 5.65. The van der Waals surface area contributed by atoms with Crippen molar-refractivity contribution in [2.24, 2.45) is 0 Å². The van der Waals surface area contributed by atoms with Gasteiger partial charge < -0.3 is 5.73 Å². The van der Waals surface area contributed by atoms with Crippen LogP contribution in [0, 0.1) is 0 Å². The van der Waals surface area contributed by atoms with Crippen LogP contribution in [0.15, 0.2) is 35.4 Å². The second kappa shape index (κ2) is 5.65. The molecular weight excluding hydrogens is 345 g/mol. The minimum atomic E-state index is -4.03. The zero-order valence-electron chi connectivity index (χ0n) is 9.77. The highest BCUT2D eigenvalue weighted by Gasteiger charge is 2.23. The second-order valence-corrected chi connectivity index (χ2v) is 6.62. The summed E-state index contributed by atoms with van der Waals surface area (Å²) in [4.78, 5) is 3.56. The molecule has 2 aromatic rings. The van der Waals surface area contributed by atoms with Crippen molar-refractivity contribution in [3.05, 3.63) is 45.5 Å². The smallest absolute Gasteiger partial charge is 0.266 e. The summed E-state index contributed by atoms with van der Waals surface area (Å²) in [5.74, 6) is -0.0143. The number of rotatable bonds is 3. The Hall–Kier alpha value is -1.21. The fourth-order valence-electron chi connectivity index (χ4n) is 1.50. The number of nitrogens with zero attached hydrogens (tertiary/aromatic N) is 1. The predicted molar refractivity (Wildman–Crippen MR) is 80.9 cm³/mol. The number of hydrogen-bond acceptors (Lipinski definition) is 4. The summed E-state index contributed by atoms with van der Waals surface area (Å²) < 4.78 is 26.8. The van der Waals surface area contributed by atoms with Gasteiger partial charge in [-0.25, -0.2) is 13.4 Å². The van der Waals surface area contributed by atoms with Gasteiger partial charge in [-0.3, -0.25) is 4.72 Å². The van der Waals surface area contributed by atoms with Crippen LogP contribution in [0.5, 0.6) is 0 Å². The molecule has 1 aromatic carbocycles. The van der Waals surface area contributed by atoms with Gasteiger partial charge in [0.2, 0.25) is 0 Å². The van der Waals surface area contributed by atoms with E-state index >= 15 is 0 Å². The van der Waals surface area contributed by atoms with Crippen LogP contribution in [0.1, 0.15) is 0 Å². The van der Waals surface area contributed by atoms with Gasteiger partial charge in [0, 0.05) is 11.2 Å². The molecule has 3 N–H and O–H groups in total. The molecule has 20 heavy (non-hydrogen) atoms. The average molecular weight is 353 g/mol. The summed E-state index contributed by atoms with van der Waals surface area (Å²) in [6.07, 6.45) is 1.40. The summed E-state index contributed by atoms with van der Waals surface area (Å²) in [5, 5.41) is 0.302. The minimum absolute atomic E-state index is 0.0143. The van der Waals surface area contributed by atoms with Gasteiger partial charge in [0.15, 0.2) is 5.82 Å². The van der Waals surface area contributed by atoms with E-state index in [4.69, 9.17) is 40.5 Å². The van der Waals surface area contributed by atoms with Crippen molar-refractivity contribution in [1.29, 1.82) is 0 Å². The van der Waals surface area contributed by atoms with E-state index in [-0.39, 0.29) is 31.5 Å². The Bertz CT molecular complexity index is 742. The fraction of sp³-hybridized carbons (Fsp3) is 0. The van der Waals surface area contributed by atoms with E-state index in [1.165, 1.54) is 24.4 Å². The maximum atomic E-state index is 12.3. The SMILES string of the molecule is Nc1cc(Cl)cc(Cl)c1S(=O)(=O)Nc1ncccc1Cl. The van der Waals surface area contributed by atoms with Crippen LogP contribution in [0.2, 0.25) is 15.1 Å². The average Bonchev–Trinajstić information content (AvgIpc) is 2.30. The summed E-state index contributed by atoms with van der Waals surface area (Å²) in [7, 11) is -4.03.